The van der Waals surface area contributed by atoms with Gasteiger partial charge in [-0.2, -0.15) is 0 Å². The first-order chi connectivity index (χ1) is 16.8. The molecule has 0 radical (unpaired) electrons. The molecule has 0 aromatic heterocycles. The van der Waals surface area contributed by atoms with Crippen LogP contribution >= 0.6 is 22.9 Å². The van der Waals surface area contributed by atoms with Crippen LogP contribution in [0, 0.1) is 0 Å². The van der Waals surface area contributed by atoms with E-state index in [1.54, 1.807) is 7.11 Å². The number of ether oxygens (including phenoxy) is 4. The molecule has 1 saturated carbocycles. The number of carbonyl (C=O) groups excluding carboxylic acids is 2. The Morgan fingerprint density at radius 1 is 1.20 bits per heavy atom. The summed E-state index contributed by atoms with van der Waals surface area (Å²) < 4.78 is 26.7. The number of nitrogens with one attached hydrogen (secondary N) is 3. The van der Waals surface area contributed by atoms with Crippen LogP contribution in [0.25, 0.3) is 0 Å². The minimum absolute atomic E-state index is 0.00903. The topological polar surface area (TPSA) is 110 Å². The number of alkyl carbamates (subject to hydrolysis) is 1. The Hall–Kier alpha value is -1.21. The van der Waals surface area contributed by atoms with Gasteiger partial charge in [-0.05, 0) is 71.8 Å². The first-order valence-corrected chi connectivity index (χ1v) is 13.6. The minimum atomic E-state index is -0.541. The predicted octanol–water partition coefficient (Wildman–Crippen LogP) is 3.67. The maximum absolute atomic E-state index is 12.8. The molecule has 2 aliphatic heterocycles. The molecule has 0 spiro atoms. The summed E-state index contributed by atoms with van der Waals surface area (Å²) in [5.41, 5.74) is 0.748. The highest BCUT2D eigenvalue weighted by Gasteiger charge is 2.61. The molecule has 0 bridgehead atoms. The standard InChI is InChI=1S/C25H40IN3O6/c1-16(2)8-13-20-25(3,35-20)23-22(32-4)19(7-5-6-14-33-23)34-24(31)29-18-11-9-17(10-12-18)28-21(30)15-27-26/h7-8,17-18,20,22-23,27H,5-6,9-15H2,1-4H3,(H,28,30)(H,29,31)/b19-7+/t17?,18?,20-,22?,23?,25+/m1/s1. The zero-order chi connectivity index (χ0) is 25.4. The van der Waals surface area contributed by atoms with Gasteiger partial charge in [-0.15, -0.1) is 0 Å². The van der Waals surface area contributed by atoms with Crippen molar-refractivity contribution in [2.45, 2.75) is 102 Å². The molecule has 3 aliphatic rings. The number of amides is 2. The van der Waals surface area contributed by atoms with Gasteiger partial charge >= 0.3 is 6.09 Å². The van der Waals surface area contributed by atoms with Crippen molar-refractivity contribution in [2.24, 2.45) is 0 Å². The fraction of sp³-hybridized carbons (Fsp3) is 0.760. The second kappa shape index (κ2) is 13.4. The summed E-state index contributed by atoms with van der Waals surface area (Å²) in [6.45, 7) is 7.08. The fourth-order valence-electron chi connectivity index (χ4n) is 4.87. The van der Waals surface area contributed by atoms with Gasteiger partial charge in [0.1, 0.15) is 23.6 Å². The SMILES string of the molecule is COC1/C(OC(=O)NC2CCC(NC(=O)CNI)CC2)=C\CCCOC1[C@@]1(C)O[C@@H]1CC=C(C)C. The molecule has 9 nitrogen and oxygen atoms in total. The maximum atomic E-state index is 12.8. The van der Waals surface area contributed by atoms with Crippen molar-refractivity contribution in [1.29, 1.82) is 0 Å². The molecule has 2 heterocycles. The molecule has 3 N–H and O–H groups in total. The second-order valence-electron chi connectivity index (χ2n) is 9.96. The molecule has 4 atom stereocenters. The van der Waals surface area contributed by atoms with Gasteiger partial charge in [0.25, 0.3) is 0 Å². The summed E-state index contributed by atoms with van der Waals surface area (Å²) in [6, 6.07) is 0.155. The summed E-state index contributed by atoms with van der Waals surface area (Å²) in [4.78, 5) is 24.6. The van der Waals surface area contributed by atoms with Gasteiger partial charge in [0.2, 0.25) is 5.91 Å². The summed E-state index contributed by atoms with van der Waals surface area (Å²) in [6.07, 6.45) is 8.34. The normalized spacial score (nSPS) is 34.4. The molecule has 2 amide bonds. The number of methoxy groups -OCH3 is 1. The van der Waals surface area contributed by atoms with Gasteiger partial charge in [0.05, 0.1) is 12.6 Å². The highest BCUT2D eigenvalue weighted by atomic mass is 127. The maximum Gasteiger partial charge on any atom is 0.412 e. The van der Waals surface area contributed by atoms with Crippen LogP contribution in [0.5, 0.6) is 0 Å². The van der Waals surface area contributed by atoms with Gasteiger partial charge in [-0.25, -0.2) is 4.79 Å². The van der Waals surface area contributed by atoms with Crippen LogP contribution in [0.1, 0.15) is 65.7 Å². The quantitative estimate of drug-likeness (QED) is 0.159. The lowest BCUT2D eigenvalue weighted by molar-refractivity contribution is -0.120. The Morgan fingerprint density at radius 3 is 2.51 bits per heavy atom. The van der Waals surface area contributed by atoms with Gasteiger partial charge in [-0.1, -0.05) is 11.6 Å². The Kier molecular flexibility index (Phi) is 10.8. The zero-order valence-corrected chi connectivity index (χ0v) is 23.4. The Balaban J connectivity index is 1.55. The van der Waals surface area contributed by atoms with Gasteiger partial charge < -0.3 is 29.6 Å². The van der Waals surface area contributed by atoms with Crippen LogP contribution in [0.15, 0.2) is 23.5 Å². The van der Waals surface area contributed by atoms with E-state index in [0.29, 0.717) is 18.9 Å². The van der Waals surface area contributed by atoms with E-state index < -0.39 is 17.8 Å². The molecule has 2 fully saturated rings. The largest absolute Gasteiger partial charge is 0.412 e. The lowest BCUT2D eigenvalue weighted by Crippen LogP contribution is -2.47. The number of allylic oxidation sites excluding steroid dienone is 2. The first kappa shape index (κ1) is 28.4. The predicted molar refractivity (Wildman–Crippen MR) is 141 cm³/mol. The van der Waals surface area contributed by atoms with Crippen molar-refractivity contribution in [3.05, 3.63) is 23.5 Å². The van der Waals surface area contributed by atoms with Crippen LogP contribution in [0.2, 0.25) is 0 Å². The number of epoxide rings is 1. The highest BCUT2D eigenvalue weighted by Crippen LogP contribution is 2.46. The van der Waals surface area contributed by atoms with Crippen molar-refractivity contribution in [2.75, 3.05) is 20.3 Å². The van der Waals surface area contributed by atoms with Gasteiger partial charge in [-0.3, -0.25) is 8.32 Å². The van der Waals surface area contributed by atoms with E-state index in [1.165, 1.54) is 5.57 Å². The van der Waals surface area contributed by atoms with Crippen molar-refractivity contribution in [1.82, 2.24) is 14.2 Å². The highest BCUT2D eigenvalue weighted by molar-refractivity contribution is 14.1. The summed E-state index contributed by atoms with van der Waals surface area (Å²) >= 11 is 1.96. The molecule has 1 aliphatic carbocycles. The third kappa shape index (κ3) is 8.14. The van der Waals surface area contributed by atoms with Crippen molar-refractivity contribution < 1.29 is 28.5 Å². The van der Waals surface area contributed by atoms with E-state index in [-0.39, 0.29) is 30.2 Å². The van der Waals surface area contributed by atoms with Crippen LogP contribution < -0.4 is 14.2 Å². The smallest absolute Gasteiger partial charge is 0.412 e. The number of hydrogen-bond donors (Lipinski definition) is 3. The zero-order valence-electron chi connectivity index (χ0n) is 21.2. The van der Waals surface area contributed by atoms with Crippen molar-refractivity contribution in [3.8, 4) is 0 Å². The van der Waals surface area contributed by atoms with Crippen molar-refractivity contribution in [3.63, 3.8) is 0 Å². The molecular weight excluding hydrogens is 565 g/mol. The molecule has 2 unspecified atom stereocenters. The van der Waals surface area contributed by atoms with Crippen molar-refractivity contribution >= 4 is 34.9 Å². The average molecular weight is 606 g/mol. The first-order valence-electron chi connectivity index (χ1n) is 12.5. The number of halogens is 1. The summed E-state index contributed by atoms with van der Waals surface area (Å²) in [5.74, 6) is 0.463. The Labute approximate surface area is 222 Å². The van der Waals surface area contributed by atoms with Crippen LogP contribution in [0.4, 0.5) is 4.79 Å². The number of hydrogen-bond acceptors (Lipinski definition) is 7. The molecule has 198 valence electrons. The monoisotopic (exact) mass is 605 g/mol. The molecule has 35 heavy (non-hydrogen) atoms. The third-order valence-electron chi connectivity index (χ3n) is 6.94. The van der Waals surface area contributed by atoms with Crippen LogP contribution in [0.3, 0.4) is 0 Å². The van der Waals surface area contributed by atoms with E-state index in [0.717, 1.165) is 44.9 Å². The summed E-state index contributed by atoms with van der Waals surface area (Å²) in [5, 5.41) is 6.02. The molecule has 10 heteroatoms. The number of carbonyl (C=O) groups is 2. The Bertz CT molecular complexity index is 794. The minimum Gasteiger partial charge on any atom is -0.412 e. The second-order valence-corrected chi connectivity index (χ2v) is 10.7. The lowest BCUT2D eigenvalue weighted by Gasteiger charge is -2.33. The average Bonchev–Trinajstić information content (AvgIpc) is 3.46. The van der Waals surface area contributed by atoms with Crippen LogP contribution in [-0.4, -0.2) is 68.3 Å². The summed E-state index contributed by atoms with van der Waals surface area (Å²) in [7, 11) is 1.61. The molecular formula is C25H40IN3O6. The fourth-order valence-corrected chi connectivity index (χ4v) is 5.21. The molecule has 1 saturated heterocycles. The van der Waals surface area contributed by atoms with Gasteiger partial charge in [0.15, 0.2) is 0 Å². The van der Waals surface area contributed by atoms with E-state index >= 15 is 0 Å². The Morgan fingerprint density at radius 2 is 1.89 bits per heavy atom. The van der Waals surface area contributed by atoms with E-state index in [2.05, 4.69) is 34.1 Å². The third-order valence-corrected chi connectivity index (χ3v) is 7.32. The molecule has 3 rings (SSSR count). The van der Waals surface area contributed by atoms with E-state index in [9.17, 15) is 9.59 Å². The molecule has 0 aromatic rings. The molecule has 0 aromatic carbocycles. The number of rotatable bonds is 9. The van der Waals surface area contributed by atoms with E-state index in [1.807, 2.05) is 35.9 Å². The lowest BCUT2D eigenvalue weighted by atomic mass is 9.91. The van der Waals surface area contributed by atoms with E-state index in [4.69, 9.17) is 18.9 Å². The van der Waals surface area contributed by atoms with Crippen LogP contribution in [-0.2, 0) is 23.7 Å². The van der Waals surface area contributed by atoms with Gasteiger partial charge in [0, 0.05) is 48.7 Å².